The molecule has 6 heteroatoms. The molecule has 0 radical (unpaired) electrons. The Hall–Kier alpha value is -1.63. The summed E-state index contributed by atoms with van der Waals surface area (Å²) in [5, 5.41) is 0. The highest BCUT2D eigenvalue weighted by Crippen LogP contribution is 2.37. The van der Waals surface area contributed by atoms with Crippen molar-refractivity contribution < 1.29 is 9.53 Å². The summed E-state index contributed by atoms with van der Waals surface area (Å²) < 4.78 is 7.46. The van der Waals surface area contributed by atoms with Crippen molar-refractivity contribution in [3.8, 4) is 5.75 Å². The lowest BCUT2D eigenvalue weighted by molar-refractivity contribution is -0.113. The molecule has 0 saturated carbocycles. The van der Waals surface area contributed by atoms with Crippen molar-refractivity contribution in [1.29, 1.82) is 0 Å². The average molecular weight is 448 g/mol. The molecule has 26 heavy (non-hydrogen) atoms. The number of halogens is 1. The highest BCUT2D eigenvalue weighted by molar-refractivity contribution is 9.10. The van der Waals surface area contributed by atoms with Crippen molar-refractivity contribution in [1.82, 2.24) is 0 Å². The van der Waals surface area contributed by atoms with Gasteiger partial charge in [-0.3, -0.25) is 9.69 Å². The zero-order valence-corrected chi connectivity index (χ0v) is 17.7. The van der Waals surface area contributed by atoms with Gasteiger partial charge >= 0.3 is 0 Å². The fourth-order valence-corrected chi connectivity index (χ4v) is 3.98. The molecule has 0 spiro atoms. The molecule has 1 saturated heterocycles. The maximum absolute atomic E-state index is 12.9. The van der Waals surface area contributed by atoms with Crippen LogP contribution in [0.3, 0.4) is 0 Å². The van der Waals surface area contributed by atoms with Gasteiger partial charge in [-0.2, -0.15) is 0 Å². The number of hydrogen-bond acceptors (Lipinski definition) is 4. The fourth-order valence-electron chi connectivity index (χ4n) is 2.43. The van der Waals surface area contributed by atoms with Crippen molar-refractivity contribution in [2.75, 3.05) is 4.90 Å². The van der Waals surface area contributed by atoms with Crippen LogP contribution in [0.1, 0.15) is 25.8 Å². The van der Waals surface area contributed by atoms with Crippen molar-refractivity contribution in [2.45, 2.75) is 26.4 Å². The molecule has 1 aliphatic rings. The van der Waals surface area contributed by atoms with E-state index >= 15 is 0 Å². The number of ether oxygens (including phenoxy) is 1. The number of rotatable bonds is 5. The third-order valence-corrected chi connectivity index (χ3v) is 5.82. The van der Waals surface area contributed by atoms with E-state index in [2.05, 4.69) is 22.9 Å². The number of anilines is 1. The number of benzene rings is 2. The van der Waals surface area contributed by atoms with Gasteiger partial charge in [-0.05, 0) is 49.8 Å². The van der Waals surface area contributed by atoms with Gasteiger partial charge < -0.3 is 4.74 Å². The minimum absolute atomic E-state index is 0.110. The molecule has 1 fully saturated rings. The molecule has 0 aliphatic carbocycles. The van der Waals surface area contributed by atoms with E-state index < -0.39 is 0 Å². The van der Waals surface area contributed by atoms with Gasteiger partial charge in [-0.15, -0.1) is 0 Å². The van der Waals surface area contributed by atoms with Crippen LogP contribution < -0.4 is 9.64 Å². The molecule has 0 N–H and O–H groups in total. The second kappa shape index (κ2) is 8.37. The molecule has 1 atom stereocenters. The minimum Gasteiger partial charge on any atom is -0.490 e. The summed E-state index contributed by atoms with van der Waals surface area (Å²) >= 11 is 10.1. The maximum atomic E-state index is 12.9. The van der Waals surface area contributed by atoms with Gasteiger partial charge in [-0.1, -0.05) is 65.0 Å². The second-order valence-electron chi connectivity index (χ2n) is 5.87. The van der Waals surface area contributed by atoms with Crippen LogP contribution >= 0.6 is 39.9 Å². The van der Waals surface area contributed by atoms with E-state index in [9.17, 15) is 4.79 Å². The van der Waals surface area contributed by atoms with Gasteiger partial charge in [0.2, 0.25) is 0 Å². The van der Waals surface area contributed by atoms with Gasteiger partial charge in [0.1, 0.15) is 5.75 Å². The van der Waals surface area contributed by atoms with Gasteiger partial charge in [0.25, 0.3) is 5.91 Å². The molecule has 0 aromatic heterocycles. The van der Waals surface area contributed by atoms with Gasteiger partial charge in [0.15, 0.2) is 4.32 Å². The Morgan fingerprint density at radius 1 is 1.23 bits per heavy atom. The Balaban J connectivity index is 1.90. The van der Waals surface area contributed by atoms with Crippen molar-refractivity contribution in [2.24, 2.45) is 0 Å². The molecule has 2 aromatic rings. The van der Waals surface area contributed by atoms with Crippen LogP contribution in [0.5, 0.6) is 5.75 Å². The van der Waals surface area contributed by atoms with E-state index in [1.165, 1.54) is 11.8 Å². The smallest absolute Gasteiger partial charge is 0.270 e. The predicted molar refractivity (Wildman–Crippen MR) is 117 cm³/mol. The summed E-state index contributed by atoms with van der Waals surface area (Å²) in [4.78, 5) is 15.1. The number of para-hydroxylation sites is 1. The zero-order valence-electron chi connectivity index (χ0n) is 14.4. The average Bonchev–Trinajstić information content (AvgIpc) is 2.91. The van der Waals surface area contributed by atoms with E-state index in [0.717, 1.165) is 27.9 Å². The molecule has 1 heterocycles. The number of thioether (sulfide) groups is 1. The minimum atomic E-state index is -0.110. The highest BCUT2D eigenvalue weighted by atomic mass is 79.9. The van der Waals surface area contributed by atoms with Crippen LogP contribution in [-0.2, 0) is 4.79 Å². The number of hydrogen-bond donors (Lipinski definition) is 0. The van der Waals surface area contributed by atoms with Crippen LogP contribution in [0.2, 0.25) is 0 Å². The first kappa shape index (κ1) is 19.1. The zero-order chi connectivity index (χ0) is 18.7. The summed E-state index contributed by atoms with van der Waals surface area (Å²) in [6.45, 7) is 4.11. The topological polar surface area (TPSA) is 29.5 Å². The van der Waals surface area contributed by atoms with Crippen molar-refractivity contribution in [3.05, 3.63) is 63.5 Å². The molecule has 1 unspecified atom stereocenters. The second-order valence-corrected chi connectivity index (χ2v) is 8.46. The first-order valence-electron chi connectivity index (χ1n) is 8.28. The summed E-state index contributed by atoms with van der Waals surface area (Å²) in [6.07, 6.45) is 2.89. The van der Waals surface area contributed by atoms with Gasteiger partial charge in [0.05, 0.1) is 16.7 Å². The van der Waals surface area contributed by atoms with Crippen molar-refractivity contribution in [3.63, 3.8) is 0 Å². The summed E-state index contributed by atoms with van der Waals surface area (Å²) in [7, 11) is 0. The third-order valence-electron chi connectivity index (χ3n) is 3.99. The number of thiocarbonyl (C=S) groups is 1. The van der Waals surface area contributed by atoms with Gasteiger partial charge in [0, 0.05) is 10.0 Å². The Morgan fingerprint density at radius 3 is 2.62 bits per heavy atom. The fraction of sp³-hybridized carbons (Fsp3) is 0.200. The Kier molecular flexibility index (Phi) is 6.16. The molecule has 3 nitrogen and oxygen atoms in total. The molecule has 1 amide bonds. The third kappa shape index (κ3) is 4.19. The molecule has 2 aromatic carbocycles. The maximum Gasteiger partial charge on any atom is 0.270 e. The standard InChI is InChI=1S/C20H18BrNO2S2/c1-3-13(2)24-17-7-5-4-6-14(17)12-18-19(23)22(20(25)26-18)16-10-8-15(21)9-11-16/h4-13H,3H2,1-2H3/b18-12+. The number of nitrogens with zero attached hydrogens (tertiary/aromatic N) is 1. The van der Waals surface area contributed by atoms with Crippen LogP contribution in [0.25, 0.3) is 6.08 Å². The lowest BCUT2D eigenvalue weighted by Crippen LogP contribution is -2.27. The Labute approximate surface area is 171 Å². The van der Waals surface area contributed by atoms with Crippen LogP contribution in [0, 0.1) is 0 Å². The monoisotopic (exact) mass is 447 g/mol. The van der Waals surface area contributed by atoms with E-state index in [-0.39, 0.29) is 12.0 Å². The Bertz CT molecular complexity index is 864. The summed E-state index contributed by atoms with van der Waals surface area (Å²) in [6, 6.07) is 15.3. The lowest BCUT2D eigenvalue weighted by Gasteiger charge is -2.15. The lowest BCUT2D eigenvalue weighted by atomic mass is 10.1. The highest BCUT2D eigenvalue weighted by Gasteiger charge is 2.33. The quantitative estimate of drug-likeness (QED) is 0.413. The molecule has 134 valence electrons. The Morgan fingerprint density at radius 2 is 1.92 bits per heavy atom. The molecule has 1 aliphatic heterocycles. The summed E-state index contributed by atoms with van der Waals surface area (Å²) in [5.74, 6) is 0.663. The molecule has 0 bridgehead atoms. The van der Waals surface area contributed by atoms with E-state index in [0.29, 0.717) is 9.23 Å². The number of carbonyl (C=O) groups is 1. The van der Waals surface area contributed by atoms with Crippen molar-refractivity contribution >= 4 is 61.9 Å². The first-order valence-corrected chi connectivity index (χ1v) is 10.3. The molecule has 3 rings (SSSR count). The largest absolute Gasteiger partial charge is 0.490 e. The predicted octanol–water partition coefficient (Wildman–Crippen LogP) is 6.03. The van der Waals surface area contributed by atoms with E-state index in [1.54, 1.807) is 4.90 Å². The molecular weight excluding hydrogens is 430 g/mol. The summed E-state index contributed by atoms with van der Waals surface area (Å²) in [5.41, 5.74) is 1.65. The van der Waals surface area contributed by atoms with Gasteiger partial charge in [-0.25, -0.2) is 0 Å². The number of amides is 1. The normalized spacial score (nSPS) is 17.0. The molecular formula is C20H18BrNO2S2. The first-order chi connectivity index (χ1) is 12.5. The van der Waals surface area contributed by atoms with Crippen LogP contribution in [0.4, 0.5) is 5.69 Å². The SMILES string of the molecule is CCC(C)Oc1ccccc1/C=C1/SC(=S)N(c2ccc(Br)cc2)C1=O. The van der Waals surface area contributed by atoms with E-state index in [1.807, 2.05) is 61.5 Å². The van der Waals surface area contributed by atoms with E-state index in [4.69, 9.17) is 17.0 Å². The number of carbonyl (C=O) groups excluding carboxylic acids is 1. The van der Waals surface area contributed by atoms with Crippen LogP contribution in [-0.4, -0.2) is 16.3 Å². The van der Waals surface area contributed by atoms with Crippen LogP contribution in [0.15, 0.2) is 57.9 Å².